The Labute approximate surface area is 181 Å². The molecule has 2 rings (SSSR count). The van der Waals surface area contributed by atoms with Crippen LogP contribution in [0.3, 0.4) is 0 Å². The average molecular weight is 432 g/mol. The lowest BCUT2D eigenvalue weighted by atomic mass is 10.2. The second kappa shape index (κ2) is 11.2. The van der Waals surface area contributed by atoms with E-state index in [1.165, 1.54) is 0 Å². The van der Waals surface area contributed by atoms with Crippen molar-refractivity contribution >= 4 is 35.0 Å². The predicted octanol–water partition coefficient (Wildman–Crippen LogP) is 4.01. The summed E-state index contributed by atoms with van der Waals surface area (Å²) in [5.41, 5.74) is 6.37. The topological polar surface area (TPSA) is 96.5 Å². The van der Waals surface area contributed by atoms with Crippen molar-refractivity contribution in [3.63, 3.8) is 0 Å². The minimum Gasteiger partial charge on any atom is -0.491 e. The predicted molar refractivity (Wildman–Crippen MR) is 116 cm³/mol. The minimum atomic E-state index is -0.474. The van der Waals surface area contributed by atoms with Crippen molar-refractivity contribution in [2.75, 3.05) is 5.32 Å². The molecule has 0 aromatic heterocycles. The Morgan fingerprint density at radius 3 is 2.33 bits per heavy atom. The quantitative estimate of drug-likeness (QED) is 0.550. The maximum Gasteiger partial charge on any atom is 0.269 e. The van der Waals surface area contributed by atoms with Crippen LogP contribution in [0.15, 0.2) is 42.5 Å². The molecule has 160 valence electrons. The summed E-state index contributed by atoms with van der Waals surface area (Å²) in [4.78, 5) is 36.1. The molecule has 2 aromatic rings. The van der Waals surface area contributed by atoms with Gasteiger partial charge in [0.15, 0.2) is 0 Å². The van der Waals surface area contributed by atoms with Gasteiger partial charge in [0, 0.05) is 29.1 Å². The number of hydrazine groups is 1. The monoisotopic (exact) mass is 431 g/mol. The van der Waals surface area contributed by atoms with E-state index in [1.54, 1.807) is 49.4 Å². The summed E-state index contributed by atoms with van der Waals surface area (Å²) in [5, 5.41) is 3.27. The number of nitrogens with one attached hydrogen (secondary N) is 3. The molecular weight excluding hydrogens is 406 g/mol. The third kappa shape index (κ3) is 7.08. The van der Waals surface area contributed by atoms with E-state index in [2.05, 4.69) is 16.2 Å². The van der Waals surface area contributed by atoms with Gasteiger partial charge in [-0.3, -0.25) is 25.2 Å². The summed E-state index contributed by atoms with van der Waals surface area (Å²) in [6, 6.07) is 11.8. The van der Waals surface area contributed by atoms with Gasteiger partial charge < -0.3 is 10.1 Å². The summed E-state index contributed by atoms with van der Waals surface area (Å²) in [6.45, 7) is 5.78. The molecule has 8 heteroatoms. The zero-order valence-electron chi connectivity index (χ0n) is 17.3. The summed E-state index contributed by atoms with van der Waals surface area (Å²) in [7, 11) is 0. The van der Waals surface area contributed by atoms with Gasteiger partial charge >= 0.3 is 0 Å². The van der Waals surface area contributed by atoms with Crippen molar-refractivity contribution in [2.24, 2.45) is 0 Å². The molecule has 0 saturated carbocycles. The summed E-state index contributed by atoms with van der Waals surface area (Å²) >= 11 is 6.02. The lowest BCUT2D eigenvalue weighted by Crippen LogP contribution is -2.41. The van der Waals surface area contributed by atoms with Crippen molar-refractivity contribution in [2.45, 2.75) is 46.1 Å². The maximum absolute atomic E-state index is 12.1. The van der Waals surface area contributed by atoms with Crippen molar-refractivity contribution in [1.82, 2.24) is 10.9 Å². The largest absolute Gasteiger partial charge is 0.491 e. The normalized spacial score (nSPS) is 11.3. The first-order chi connectivity index (χ1) is 14.3. The third-order valence-electron chi connectivity index (χ3n) is 4.47. The zero-order valence-corrected chi connectivity index (χ0v) is 18.0. The van der Waals surface area contributed by atoms with Gasteiger partial charge in [-0.1, -0.05) is 24.6 Å². The molecule has 0 aliphatic carbocycles. The van der Waals surface area contributed by atoms with Crippen molar-refractivity contribution in [1.29, 1.82) is 0 Å². The van der Waals surface area contributed by atoms with Gasteiger partial charge in [0.25, 0.3) is 5.91 Å². The highest BCUT2D eigenvalue weighted by atomic mass is 35.5. The number of rotatable bonds is 8. The molecule has 1 atom stereocenters. The van der Waals surface area contributed by atoms with Crippen LogP contribution in [-0.2, 0) is 9.59 Å². The molecule has 2 aromatic carbocycles. The van der Waals surface area contributed by atoms with E-state index in [0.717, 1.165) is 12.0 Å². The van der Waals surface area contributed by atoms with Crippen LogP contribution >= 0.6 is 11.6 Å². The van der Waals surface area contributed by atoms with Crippen LogP contribution in [0.1, 0.15) is 49.0 Å². The standard InChI is InChI=1S/C22H26ClN3O4/c1-4-14(2)30-17-10-8-16(9-11-17)22(29)26-25-21(28)13-12-20(27)24-19-7-5-6-18(23)15(19)3/h5-11,14H,4,12-13H2,1-3H3,(H,24,27)(H,25,28)(H,26,29). The van der Waals surface area contributed by atoms with Crippen LogP contribution in [-0.4, -0.2) is 23.8 Å². The number of amides is 3. The summed E-state index contributed by atoms with van der Waals surface area (Å²) < 4.78 is 5.66. The van der Waals surface area contributed by atoms with E-state index in [-0.39, 0.29) is 24.9 Å². The Kier molecular flexibility index (Phi) is 8.68. The number of ether oxygens (including phenoxy) is 1. The fourth-order valence-corrected chi connectivity index (χ4v) is 2.62. The highest BCUT2D eigenvalue weighted by molar-refractivity contribution is 6.31. The molecule has 0 aliphatic rings. The van der Waals surface area contributed by atoms with Gasteiger partial charge in [-0.2, -0.15) is 0 Å². The van der Waals surface area contributed by atoms with E-state index < -0.39 is 11.8 Å². The fourth-order valence-electron chi connectivity index (χ4n) is 2.44. The molecule has 0 aliphatic heterocycles. The average Bonchev–Trinajstić information content (AvgIpc) is 2.74. The van der Waals surface area contributed by atoms with E-state index >= 15 is 0 Å². The lowest BCUT2D eigenvalue weighted by molar-refractivity contribution is -0.124. The molecule has 0 bridgehead atoms. The number of benzene rings is 2. The SMILES string of the molecule is CCC(C)Oc1ccc(C(=O)NNC(=O)CCC(=O)Nc2cccc(Cl)c2C)cc1. The molecule has 0 fully saturated rings. The molecule has 3 N–H and O–H groups in total. The number of hydrogen-bond acceptors (Lipinski definition) is 4. The Morgan fingerprint density at radius 1 is 1.00 bits per heavy atom. The number of anilines is 1. The van der Waals surface area contributed by atoms with Gasteiger partial charge in [0.2, 0.25) is 11.8 Å². The van der Waals surface area contributed by atoms with E-state index in [1.807, 2.05) is 13.8 Å². The van der Waals surface area contributed by atoms with Crippen LogP contribution in [0.5, 0.6) is 5.75 Å². The van der Waals surface area contributed by atoms with Crippen LogP contribution in [0.25, 0.3) is 0 Å². The minimum absolute atomic E-state index is 0.0324. The zero-order chi connectivity index (χ0) is 22.1. The van der Waals surface area contributed by atoms with Crippen molar-refractivity contribution in [3.05, 3.63) is 58.6 Å². The molecule has 30 heavy (non-hydrogen) atoms. The highest BCUT2D eigenvalue weighted by Crippen LogP contribution is 2.23. The van der Waals surface area contributed by atoms with Gasteiger partial charge in [0.05, 0.1) is 6.10 Å². The van der Waals surface area contributed by atoms with Crippen molar-refractivity contribution < 1.29 is 19.1 Å². The van der Waals surface area contributed by atoms with E-state index in [9.17, 15) is 14.4 Å². The first kappa shape index (κ1) is 23.2. The van der Waals surface area contributed by atoms with Crippen LogP contribution in [0, 0.1) is 6.92 Å². The fraction of sp³-hybridized carbons (Fsp3) is 0.318. The Bertz CT molecular complexity index is 900. The molecule has 3 amide bonds. The van der Waals surface area contributed by atoms with Crippen LogP contribution in [0.4, 0.5) is 5.69 Å². The Balaban J connectivity index is 1.75. The summed E-state index contributed by atoms with van der Waals surface area (Å²) in [6.07, 6.45) is 0.859. The highest BCUT2D eigenvalue weighted by Gasteiger charge is 2.11. The second-order valence-corrected chi connectivity index (χ2v) is 7.23. The molecule has 0 heterocycles. The van der Waals surface area contributed by atoms with E-state index in [0.29, 0.717) is 22.0 Å². The number of hydrogen-bond donors (Lipinski definition) is 3. The van der Waals surface area contributed by atoms with Gasteiger partial charge in [-0.05, 0) is 62.2 Å². The van der Waals surface area contributed by atoms with Gasteiger partial charge in [-0.25, -0.2) is 0 Å². The number of carbonyl (C=O) groups excluding carboxylic acids is 3. The second-order valence-electron chi connectivity index (χ2n) is 6.82. The third-order valence-corrected chi connectivity index (χ3v) is 4.87. The van der Waals surface area contributed by atoms with Crippen LogP contribution in [0.2, 0.25) is 5.02 Å². The molecule has 0 saturated heterocycles. The molecule has 7 nitrogen and oxygen atoms in total. The van der Waals surface area contributed by atoms with Crippen LogP contribution < -0.4 is 20.9 Å². The number of carbonyl (C=O) groups is 3. The summed E-state index contributed by atoms with van der Waals surface area (Å²) in [5.74, 6) is -0.583. The van der Waals surface area contributed by atoms with Gasteiger partial charge in [0.1, 0.15) is 5.75 Å². The molecule has 0 spiro atoms. The van der Waals surface area contributed by atoms with Gasteiger partial charge in [-0.15, -0.1) is 0 Å². The Hall–Kier alpha value is -3.06. The number of halogens is 1. The van der Waals surface area contributed by atoms with E-state index in [4.69, 9.17) is 16.3 Å². The smallest absolute Gasteiger partial charge is 0.269 e. The van der Waals surface area contributed by atoms with Crippen molar-refractivity contribution in [3.8, 4) is 5.75 Å². The Morgan fingerprint density at radius 2 is 1.67 bits per heavy atom. The molecule has 0 radical (unpaired) electrons. The first-order valence-electron chi connectivity index (χ1n) is 9.71. The molecule has 1 unspecified atom stereocenters. The lowest BCUT2D eigenvalue weighted by Gasteiger charge is -2.13. The maximum atomic E-state index is 12.1. The molecular formula is C22H26ClN3O4. The first-order valence-corrected chi connectivity index (χ1v) is 10.1.